The van der Waals surface area contributed by atoms with E-state index >= 15 is 0 Å². The Morgan fingerprint density at radius 3 is 2.52 bits per heavy atom. The van der Waals surface area contributed by atoms with E-state index in [0.717, 1.165) is 18.7 Å². The molecule has 3 rings (SSSR count). The van der Waals surface area contributed by atoms with Crippen molar-refractivity contribution >= 4 is 23.2 Å². The number of aryl methyl sites for hydroxylation is 1. The number of rotatable bonds is 5. The van der Waals surface area contributed by atoms with Crippen LogP contribution in [0.2, 0.25) is 0 Å². The topological polar surface area (TPSA) is 83.1 Å². The lowest BCUT2D eigenvalue weighted by Crippen LogP contribution is -2.48. The van der Waals surface area contributed by atoms with Gasteiger partial charge in [0.25, 0.3) is 5.91 Å². The Balaban J connectivity index is 1.69. The van der Waals surface area contributed by atoms with E-state index in [-0.39, 0.29) is 17.7 Å². The van der Waals surface area contributed by atoms with Crippen molar-refractivity contribution in [2.75, 3.05) is 23.7 Å². The SMILES string of the molecule is Cc1ccc(NC(=O)C(C)C2CNC2)cc1NC(=O)c1ccncc1. The maximum Gasteiger partial charge on any atom is 0.255 e. The second-order valence-corrected chi connectivity index (χ2v) is 6.42. The lowest BCUT2D eigenvalue weighted by atomic mass is 9.88. The highest BCUT2D eigenvalue weighted by molar-refractivity contribution is 6.05. The van der Waals surface area contributed by atoms with Crippen LogP contribution in [0.1, 0.15) is 22.8 Å². The molecule has 0 aliphatic carbocycles. The number of amides is 2. The third kappa shape index (κ3) is 4.03. The number of nitrogens with one attached hydrogen (secondary N) is 3. The van der Waals surface area contributed by atoms with E-state index in [2.05, 4.69) is 20.9 Å². The summed E-state index contributed by atoms with van der Waals surface area (Å²) in [6.45, 7) is 5.63. The molecule has 1 saturated heterocycles. The van der Waals surface area contributed by atoms with Gasteiger partial charge in [0, 0.05) is 35.2 Å². The molecule has 2 amide bonds. The maximum atomic E-state index is 12.4. The van der Waals surface area contributed by atoms with Gasteiger partial charge in [-0.2, -0.15) is 0 Å². The quantitative estimate of drug-likeness (QED) is 0.782. The highest BCUT2D eigenvalue weighted by atomic mass is 16.2. The Morgan fingerprint density at radius 1 is 1.16 bits per heavy atom. The maximum absolute atomic E-state index is 12.4. The molecule has 25 heavy (non-hydrogen) atoms. The number of carbonyl (C=O) groups is 2. The normalized spacial score (nSPS) is 15.1. The van der Waals surface area contributed by atoms with Gasteiger partial charge in [0.05, 0.1) is 0 Å². The fourth-order valence-corrected chi connectivity index (χ4v) is 2.67. The molecule has 1 aromatic heterocycles. The van der Waals surface area contributed by atoms with Crippen molar-refractivity contribution in [2.24, 2.45) is 11.8 Å². The molecule has 6 nitrogen and oxygen atoms in total. The van der Waals surface area contributed by atoms with Crippen molar-refractivity contribution in [3.05, 3.63) is 53.9 Å². The molecule has 1 aliphatic rings. The molecule has 0 radical (unpaired) electrons. The van der Waals surface area contributed by atoms with Crippen LogP contribution in [0.4, 0.5) is 11.4 Å². The summed E-state index contributed by atoms with van der Waals surface area (Å²) >= 11 is 0. The van der Waals surface area contributed by atoms with E-state index in [1.54, 1.807) is 30.6 Å². The Kier molecular flexibility index (Phi) is 5.09. The summed E-state index contributed by atoms with van der Waals surface area (Å²) in [7, 11) is 0. The minimum atomic E-state index is -0.206. The van der Waals surface area contributed by atoms with Gasteiger partial charge >= 0.3 is 0 Å². The van der Waals surface area contributed by atoms with Crippen LogP contribution in [0.15, 0.2) is 42.7 Å². The van der Waals surface area contributed by atoms with Crippen molar-refractivity contribution < 1.29 is 9.59 Å². The molecule has 2 heterocycles. The highest BCUT2D eigenvalue weighted by Gasteiger charge is 2.28. The zero-order chi connectivity index (χ0) is 17.8. The average molecular weight is 338 g/mol. The van der Waals surface area contributed by atoms with Crippen molar-refractivity contribution in [1.82, 2.24) is 10.3 Å². The number of hydrogen-bond donors (Lipinski definition) is 3. The molecular weight excluding hydrogens is 316 g/mol. The van der Waals surface area contributed by atoms with Gasteiger partial charge in [-0.15, -0.1) is 0 Å². The van der Waals surface area contributed by atoms with Crippen molar-refractivity contribution in [3.63, 3.8) is 0 Å². The second kappa shape index (κ2) is 7.44. The third-order valence-corrected chi connectivity index (χ3v) is 4.63. The minimum absolute atomic E-state index is 0.00163. The molecule has 1 aliphatic heterocycles. The largest absolute Gasteiger partial charge is 0.326 e. The number of nitrogens with zero attached hydrogens (tertiary/aromatic N) is 1. The van der Waals surface area contributed by atoms with Gasteiger partial charge in [-0.05, 0) is 55.8 Å². The van der Waals surface area contributed by atoms with E-state index in [1.807, 2.05) is 26.0 Å². The lowest BCUT2D eigenvalue weighted by molar-refractivity contribution is -0.121. The van der Waals surface area contributed by atoms with Crippen LogP contribution >= 0.6 is 0 Å². The van der Waals surface area contributed by atoms with Crippen molar-refractivity contribution in [2.45, 2.75) is 13.8 Å². The van der Waals surface area contributed by atoms with Crippen molar-refractivity contribution in [1.29, 1.82) is 0 Å². The molecule has 1 fully saturated rings. The van der Waals surface area contributed by atoms with Crippen LogP contribution in [-0.4, -0.2) is 29.9 Å². The lowest BCUT2D eigenvalue weighted by Gasteiger charge is -2.31. The average Bonchev–Trinajstić information content (AvgIpc) is 2.57. The molecule has 0 spiro atoms. The first kappa shape index (κ1) is 17.1. The number of hydrogen-bond acceptors (Lipinski definition) is 4. The Bertz CT molecular complexity index is 772. The summed E-state index contributed by atoms with van der Waals surface area (Å²) in [5.74, 6) is 0.137. The number of aromatic nitrogens is 1. The summed E-state index contributed by atoms with van der Waals surface area (Å²) in [6.07, 6.45) is 3.16. The zero-order valence-electron chi connectivity index (χ0n) is 14.4. The van der Waals surface area contributed by atoms with Crippen LogP contribution in [-0.2, 0) is 4.79 Å². The van der Waals surface area contributed by atoms with E-state index in [0.29, 0.717) is 22.9 Å². The van der Waals surface area contributed by atoms with E-state index < -0.39 is 0 Å². The monoisotopic (exact) mass is 338 g/mol. The summed E-state index contributed by atoms with van der Waals surface area (Å²) in [4.78, 5) is 28.6. The van der Waals surface area contributed by atoms with Crippen LogP contribution in [0, 0.1) is 18.8 Å². The smallest absolute Gasteiger partial charge is 0.255 e. The molecule has 2 aromatic rings. The molecule has 0 saturated carbocycles. The fraction of sp³-hybridized carbons (Fsp3) is 0.316. The van der Waals surface area contributed by atoms with Gasteiger partial charge < -0.3 is 16.0 Å². The molecule has 1 aromatic carbocycles. The molecule has 130 valence electrons. The summed E-state index contributed by atoms with van der Waals surface area (Å²) < 4.78 is 0. The Hall–Kier alpha value is -2.73. The number of anilines is 2. The second-order valence-electron chi connectivity index (χ2n) is 6.42. The first-order chi connectivity index (χ1) is 12.0. The summed E-state index contributed by atoms with van der Waals surface area (Å²) in [6, 6.07) is 8.84. The number of carbonyl (C=O) groups excluding carboxylic acids is 2. The summed E-state index contributed by atoms with van der Waals surface area (Å²) in [5.41, 5.74) is 2.82. The molecule has 1 atom stereocenters. The van der Waals surface area contributed by atoms with Gasteiger partial charge in [-0.3, -0.25) is 14.6 Å². The van der Waals surface area contributed by atoms with E-state index in [9.17, 15) is 9.59 Å². The standard InChI is InChI=1S/C19H22N4O2/c1-12-3-4-16(22-18(24)13(2)15-10-21-11-15)9-17(12)23-19(25)14-5-7-20-8-6-14/h3-9,13,15,21H,10-11H2,1-2H3,(H,22,24)(H,23,25). The van der Waals surface area contributed by atoms with Gasteiger partial charge in [-0.1, -0.05) is 13.0 Å². The van der Waals surface area contributed by atoms with Crippen LogP contribution in [0.5, 0.6) is 0 Å². The first-order valence-corrected chi connectivity index (χ1v) is 8.38. The number of pyridine rings is 1. The molecular formula is C19H22N4O2. The molecule has 0 bridgehead atoms. The van der Waals surface area contributed by atoms with Gasteiger partial charge in [-0.25, -0.2) is 0 Å². The Labute approximate surface area is 147 Å². The van der Waals surface area contributed by atoms with Gasteiger partial charge in [0.15, 0.2) is 0 Å². The molecule has 6 heteroatoms. The zero-order valence-corrected chi connectivity index (χ0v) is 14.4. The van der Waals surface area contributed by atoms with Crippen LogP contribution in [0.3, 0.4) is 0 Å². The van der Waals surface area contributed by atoms with Gasteiger partial charge in [0.2, 0.25) is 5.91 Å². The predicted octanol–water partition coefficient (Wildman–Crippen LogP) is 2.44. The first-order valence-electron chi connectivity index (χ1n) is 8.38. The Morgan fingerprint density at radius 2 is 1.88 bits per heavy atom. The molecule has 1 unspecified atom stereocenters. The van der Waals surface area contributed by atoms with Crippen LogP contribution < -0.4 is 16.0 Å². The van der Waals surface area contributed by atoms with E-state index in [4.69, 9.17) is 0 Å². The third-order valence-electron chi connectivity index (χ3n) is 4.63. The predicted molar refractivity (Wildman–Crippen MR) is 97.5 cm³/mol. The summed E-state index contributed by atoms with van der Waals surface area (Å²) in [5, 5.41) is 9.01. The van der Waals surface area contributed by atoms with Crippen LogP contribution in [0.25, 0.3) is 0 Å². The minimum Gasteiger partial charge on any atom is -0.326 e. The van der Waals surface area contributed by atoms with Crippen molar-refractivity contribution in [3.8, 4) is 0 Å². The highest BCUT2D eigenvalue weighted by Crippen LogP contribution is 2.23. The molecule has 3 N–H and O–H groups in total. The number of benzene rings is 1. The van der Waals surface area contributed by atoms with E-state index in [1.165, 1.54) is 0 Å². The fourth-order valence-electron chi connectivity index (χ4n) is 2.67. The van der Waals surface area contributed by atoms with Gasteiger partial charge in [0.1, 0.15) is 0 Å².